The Balaban J connectivity index is 2.00. The van der Waals surface area contributed by atoms with E-state index in [1.165, 1.54) is 11.3 Å². The minimum Gasteiger partial charge on any atom is -0.479 e. The van der Waals surface area contributed by atoms with Crippen molar-refractivity contribution in [1.82, 2.24) is 10.2 Å². The van der Waals surface area contributed by atoms with Gasteiger partial charge in [-0.3, -0.25) is 10.1 Å². The lowest BCUT2D eigenvalue weighted by Crippen LogP contribution is -2.32. The molecule has 0 unspecified atom stereocenters. The van der Waals surface area contributed by atoms with Crippen LogP contribution in [-0.2, 0) is 4.79 Å². The molecule has 0 aliphatic heterocycles. The van der Waals surface area contributed by atoms with Crippen molar-refractivity contribution in [3.63, 3.8) is 0 Å². The Bertz CT molecular complexity index is 664. The fraction of sp³-hybridized carbons (Fsp3) is 0.400. The number of para-hydroxylation sites is 1. The van der Waals surface area contributed by atoms with Gasteiger partial charge in [-0.2, -0.15) is 0 Å². The van der Waals surface area contributed by atoms with Crippen molar-refractivity contribution in [3.8, 4) is 5.75 Å². The highest BCUT2D eigenvalue weighted by Crippen LogP contribution is 2.29. The molecule has 5 nitrogen and oxygen atoms in total. The third kappa shape index (κ3) is 5.37. The molecule has 8 heteroatoms. The summed E-state index contributed by atoms with van der Waals surface area (Å²) in [5, 5.41) is 12.1. The summed E-state index contributed by atoms with van der Waals surface area (Å²) in [6, 6.07) is 7.08. The second kappa shape index (κ2) is 8.52. The summed E-state index contributed by atoms with van der Waals surface area (Å²) in [5.41, 5.74) is 0. The Morgan fingerprint density at radius 3 is 2.78 bits per heavy atom. The van der Waals surface area contributed by atoms with E-state index in [1.54, 1.807) is 23.9 Å². The van der Waals surface area contributed by atoms with Crippen LogP contribution in [0.1, 0.15) is 27.2 Å². The lowest BCUT2D eigenvalue weighted by molar-refractivity contribution is -0.122. The van der Waals surface area contributed by atoms with Gasteiger partial charge in [0, 0.05) is 5.25 Å². The molecule has 0 saturated carbocycles. The van der Waals surface area contributed by atoms with Crippen LogP contribution in [0.4, 0.5) is 5.13 Å². The van der Waals surface area contributed by atoms with Gasteiger partial charge < -0.3 is 4.74 Å². The zero-order valence-electron chi connectivity index (χ0n) is 13.1. The van der Waals surface area contributed by atoms with Gasteiger partial charge in [0.05, 0.1) is 5.02 Å². The number of nitrogens with zero attached hydrogens (tertiary/aromatic N) is 2. The van der Waals surface area contributed by atoms with Crippen LogP contribution in [0.3, 0.4) is 0 Å². The molecule has 23 heavy (non-hydrogen) atoms. The standard InChI is InChI=1S/C15H18ClN3O2S2/c1-4-11(21-12-8-6-5-7-10(12)16)13(20)17-14-18-19-15(23-14)22-9(2)3/h5-9,11H,4H2,1-3H3,(H,17,18,20)/t11-/m1/s1. The maximum atomic E-state index is 12.3. The smallest absolute Gasteiger partial charge is 0.267 e. The molecule has 1 N–H and O–H groups in total. The van der Waals surface area contributed by atoms with Crippen LogP contribution < -0.4 is 10.1 Å². The number of aromatic nitrogens is 2. The number of carbonyl (C=O) groups is 1. The normalized spacial score (nSPS) is 12.2. The summed E-state index contributed by atoms with van der Waals surface area (Å²) < 4.78 is 6.54. The molecule has 1 aromatic carbocycles. The predicted octanol–water partition coefficient (Wildman–Crippen LogP) is 4.49. The van der Waals surface area contributed by atoms with Gasteiger partial charge in [-0.05, 0) is 18.6 Å². The first-order valence-electron chi connectivity index (χ1n) is 7.21. The van der Waals surface area contributed by atoms with Crippen molar-refractivity contribution in [2.24, 2.45) is 0 Å². The van der Waals surface area contributed by atoms with Crippen LogP contribution in [0.25, 0.3) is 0 Å². The molecule has 1 heterocycles. The molecule has 0 fully saturated rings. The predicted molar refractivity (Wildman–Crippen MR) is 95.7 cm³/mol. The summed E-state index contributed by atoms with van der Waals surface area (Å²) >= 11 is 9.03. The number of carbonyl (C=O) groups excluding carboxylic acids is 1. The Kier molecular flexibility index (Phi) is 6.68. The molecule has 1 aromatic heterocycles. The average molecular weight is 372 g/mol. The van der Waals surface area contributed by atoms with Crippen molar-refractivity contribution in [1.29, 1.82) is 0 Å². The minimum absolute atomic E-state index is 0.260. The van der Waals surface area contributed by atoms with Gasteiger partial charge in [-0.25, -0.2) is 0 Å². The van der Waals surface area contributed by atoms with Gasteiger partial charge in [-0.15, -0.1) is 10.2 Å². The highest BCUT2D eigenvalue weighted by Gasteiger charge is 2.21. The second-order valence-corrected chi connectivity index (χ2v) is 8.18. The van der Waals surface area contributed by atoms with E-state index in [0.717, 1.165) is 4.34 Å². The van der Waals surface area contributed by atoms with Crippen molar-refractivity contribution >= 4 is 45.7 Å². The molecule has 1 atom stereocenters. The van der Waals surface area contributed by atoms with Crippen molar-refractivity contribution in [2.45, 2.75) is 42.9 Å². The molecule has 0 aliphatic carbocycles. The van der Waals surface area contributed by atoms with Crippen LogP contribution in [0.15, 0.2) is 28.6 Å². The topological polar surface area (TPSA) is 64.1 Å². The fourth-order valence-electron chi connectivity index (χ4n) is 1.71. The Morgan fingerprint density at radius 2 is 2.13 bits per heavy atom. The molecular weight excluding hydrogens is 354 g/mol. The van der Waals surface area contributed by atoms with Crippen LogP contribution >= 0.6 is 34.7 Å². The second-order valence-electron chi connectivity index (χ2n) is 4.97. The zero-order valence-corrected chi connectivity index (χ0v) is 15.5. The number of rotatable bonds is 7. The number of thioether (sulfide) groups is 1. The van der Waals surface area contributed by atoms with Gasteiger partial charge in [0.2, 0.25) is 5.13 Å². The summed E-state index contributed by atoms with van der Waals surface area (Å²) in [6.07, 6.45) is -0.122. The molecule has 0 aliphatic rings. The van der Waals surface area contributed by atoms with Crippen molar-refractivity contribution in [2.75, 3.05) is 5.32 Å². The lowest BCUT2D eigenvalue weighted by atomic mass is 10.2. The van der Waals surface area contributed by atoms with Gasteiger partial charge in [-0.1, -0.05) is 67.6 Å². The number of ether oxygens (including phenoxy) is 1. The Labute approximate surface area is 148 Å². The number of anilines is 1. The van der Waals surface area contributed by atoms with E-state index in [9.17, 15) is 4.79 Å². The number of nitrogens with one attached hydrogen (secondary N) is 1. The van der Waals surface area contributed by atoms with E-state index in [0.29, 0.717) is 27.6 Å². The van der Waals surface area contributed by atoms with Gasteiger partial charge in [0.1, 0.15) is 5.75 Å². The van der Waals surface area contributed by atoms with Crippen LogP contribution in [-0.4, -0.2) is 27.5 Å². The SMILES string of the molecule is CC[C@@H](Oc1ccccc1Cl)C(=O)Nc1nnc(SC(C)C)s1. The highest BCUT2D eigenvalue weighted by atomic mass is 35.5. The largest absolute Gasteiger partial charge is 0.479 e. The first-order chi connectivity index (χ1) is 11.0. The molecule has 1 amide bonds. The molecule has 124 valence electrons. The third-order valence-electron chi connectivity index (χ3n) is 2.74. The molecule has 0 spiro atoms. The molecule has 0 bridgehead atoms. The van der Waals surface area contributed by atoms with Crippen molar-refractivity contribution in [3.05, 3.63) is 29.3 Å². The summed E-state index contributed by atoms with van der Waals surface area (Å²) in [4.78, 5) is 12.3. The Morgan fingerprint density at radius 1 is 1.39 bits per heavy atom. The number of hydrogen-bond acceptors (Lipinski definition) is 6. The summed E-state index contributed by atoms with van der Waals surface area (Å²) in [5.74, 6) is 0.231. The minimum atomic E-state index is -0.639. The van der Waals surface area contributed by atoms with Gasteiger partial charge in [0.15, 0.2) is 10.4 Å². The quantitative estimate of drug-likeness (QED) is 0.574. The van der Waals surface area contributed by atoms with E-state index >= 15 is 0 Å². The molecule has 0 saturated heterocycles. The fourth-order valence-corrected chi connectivity index (χ4v) is 3.87. The average Bonchev–Trinajstić information content (AvgIpc) is 2.92. The van der Waals surface area contributed by atoms with Crippen LogP contribution in [0, 0.1) is 0 Å². The number of hydrogen-bond donors (Lipinski definition) is 1. The van der Waals surface area contributed by atoms with E-state index in [-0.39, 0.29) is 5.91 Å². The Hall–Kier alpha value is -1.31. The van der Waals surface area contributed by atoms with E-state index < -0.39 is 6.10 Å². The molecule has 2 rings (SSSR count). The maximum absolute atomic E-state index is 12.3. The van der Waals surface area contributed by atoms with E-state index in [4.69, 9.17) is 16.3 Å². The monoisotopic (exact) mass is 371 g/mol. The zero-order chi connectivity index (χ0) is 16.8. The first kappa shape index (κ1) is 18.0. The van der Waals surface area contributed by atoms with Gasteiger partial charge in [0.25, 0.3) is 5.91 Å². The summed E-state index contributed by atoms with van der Waals surface area (Å²) in [7, 11) is 0. The van der Waals surface area contributed by atoms with E-state index in [2.05, 4.69) is 29.4 Å². The first-order valence-corrected chi connectivity index (χ1v) is 9.29. The third-order valence-corrected chi connectivity index (χ3v) is 4.98. The lowest BCUT2D eigenvalue weighted by Gasteiger charge is -2.17. The summed E-state index contributed by atoms with van der Waals surface area (Å²) in [6.45, 7) is 6.03. The van der Waals surface area contributed by atoms with Crippen molar-refractivity contribution < 1.29 is 9.53 Å². The molecular formula is C15H18ClN3O2S2. The van der Waals surface area contributed by atoms with Gasteiger partial charge >= 0.3 is 0 Å². The van der Waals surface area contributed by atoms with E-state index in [1.807, 2.05) is 19.1 Å². The molecule has 0 radical (unpaired) electrons. The molecule has 2 aromatic rings. The van der Waals surface area contributed by atoms with Crippen LogP contribution in [0.5, 0.6) is 5.75 Å². The highest BCUT2D eigenvalue weighted by molar-refractivity contribution is 8.01. The maximum Gasteiger partial charge on any atom is 0.267 e. The number of amides is 1. The number of benzene rings is 1. The van der Waals surface area contributed by atoms with Crippen LogP contribution in [0.2, 0.25) is 5.02 Å². The number of halogens is 1.